The minimum absolute atomic E-state index is 0.786. The van der Waals surface area contributed by atoms with Gasteiger partial charge in [-0.15, -0.1) is 0 Å². The van der Waals surface area contributed by atoms with E-state index in [9.17, 15) is 0 Å². The van der Waals surface area contributed by atoms with Crippen molar-refractivity contribution < 1.29 is 4.52 Å². The van der Waals surface area contributed by atoms with Crippen LogP contribution in [0.4, 0.5) is 0 Å². The molecule has 3 rings (SSSR count). The molecule has 2 aromatic rings. The Balaban J connectivity index is 1.84. The smallest absolute Gasteiger partial charge is 0.131 e. The Morgan fingerprint density at radius 1 is 1.47 bits per heavy atom. The van der Waals surface area contributed by atoms with Gasteiger partial charge >= 0.3 is 0 Å². The van der Waals surface area contributed by atoms with Crippen molar-refractivity contribution >= 4 is 10.9 Å². The second-order valence-electron chi connectivity index (χ2n) is 4.27. The number of benzene rings is 1. The van der Waals surface area contributed by atoms with Gasteiger partial charge < -0.3 is 9.84 Å². The van der Waals surface area contributed by atoms with E-state index in [0.29, 0.717) is 0 Å². The molecule has 1 atom stereocenters. The lowest BCUT2D eigenvalue weighted by Gasteiger charge is -2.07. The Morgan fingerprint density at radius 3 is 3.33 bits per heavy atom. The van der Waals surface area contributed by atoms with E-state index in [1.807, 2.05) is 0 Å². The lowest BCUT2D eigenvalue weighted by atomic mass is 9.98. The molecule has 1 unspecified atom stereocenters. The van der Waals surface area contributed by atoms with Crippen LogP contribution in [0.25, 0.3) is 10.9 Å². The lowest BCUT2D eigenvalue weighted by molar-refractivity contribution is 0.428. The molecule has 0 aliphatic carbocycles. The first-order valence-corrected chi connectivity index (χ1v) is 5.45. The van der Waals surface area contributed by atoms with Gasteiger partial charge in [-0.25, -0.2) is 0 Å². The fourth-order valence-electron chi connectivity index (χ4n) is 2.26. The zero-order valence-corrected chi connectivity index (χ0v) is 8.57. The highest BCUT2D eigenvalue weighted by Gasteiger charge is 2.14. The molecular formula is C12H14N2O. The highest BCUT2D eigenvalue weighted by molar-refractivity contribution is 5.77. The van der Waals surface area contributed by atoms with Crippen LogP contribution in [0.3, 0.4) is 0 Å². The lowest BCUT2D eigenvalue weighted by Crippen LogP contribution is -2.10. The highest BCUT2D eigenvalue weighted by Crippen LogP contribution is 2.19. The summed E-state index contributed by atoms with van der Waals surface area (Å²) in [4.78, 5) is 0. The Morgan fingerprint density at radius 2 is 2.47 bits per heavy atom. The van der Waals surface area contributed by atoms with Crippen molar-refractivity contribution in [2.45, 2.75) is 12.8 Å². The van der Waals surface area contributed by atoms with Crippen molar-refractivity contribution in [3.8, 4) is 0 Å². The van der Waals surface area contributed by atoms with Gasteiger partial charge in [0.15, 0.2) is 0 Å². The van der Waals surface area contributed by atoms with Gasteiger partial charge in [-0.05, 0) is 49.5 Å². The minimum Gasteiger partial charge on any atom is -0.364 e. The largest absolute Gasteiger partial charge is 0.364 e. The summed E-state index contributed by atoms with van der Waals surface area (Å²) in [7, 11) is 0. The van der Waals surface area contributed by atoms with Gasteiger partial charge in [0.25, 0.3) is 0 Å². The van der Waals surface area contributed by atoms with Crippen LogP contribution in [0.2, 0.25) is 0 Å². The molecule has 0 radical (unpaired) electrons. The van der Waals surface area contributed by atoms with Crippen LogP contribution in [0.15, 0.2) is 29.0 Å². The number of aromatic nitrogens is 1. The summed E-state index contributed by atoms with van der Waals surface area (Å²) in [6, 6.07) is 6.40. The second-order valence-corrected chi connectivity index (χ2v) is 4.27. The summed E-state index contributed by atoms with van der Waals surface area (Å²) in [6.45, 7) is 2.31. The zero-order valence-electron chi connectivity index (χ0n) is 8.57. The summed E-state index contributed by atoms with van der Waals surface area (Å²) in [5, 5.41) is 8.44. The second kappa shape index (κ2) is 3.66. The van der Waals surface area contributed by atoms with E-state index in [1.54, 1.807) is 6.26 Å². The molecule has 1 N–H and O–H groups in total. The molecule has 1 aliphatic heterocycles. The SMILES string of the molecule is c1cc2conc2cc1CC1CCNC1. The maximum absolute atomic E-state index is 4.93. The predicted molar refractivity (Wildman–Crippen MR) is 58.7 cm³/mol. The maximum atomic E-state index is 4.93. The van der Waals surface area contributed by atoms with E-state index in [-0.39, 0.29) is 0 Å². The molecule has 3 nitrogen and oxygen atoms in total. The zero-order chi connectivity index (χ0) is 10.1. The molecule has 1 saturated heterocycles. The Hall–Kier alpha value is -1.35. The van der Waals surface area contributed by atoms with Crippen molar-refractivity contribution in [1.29, 1.82) is 0 Å². The van der Waals surface area contributed by atoms with Crippen LogP contribution >= 0.6 is 0 Å². The maximum Gasteiger partial charge on any atom is 0.131 e. The number of nitrogens with zero attached hydrogens (tertiary/aromatic N) is 1. The van der Waals surface area contributed by atoms with Crippen molar-refractivity contribution in [3.63, 3.8) is 0 Å². The molecule has 0 amide bonds. The normalized spacial score (nSPS) is 21.2. The van der Waals surface area contributed by atoms with Crippen molar-refractivity contribution in [2.75, 3.05) is 13.1 Å². The number of rotatable bonds is 2. The van der Waals surface area contributed by atoms with E-state index < -0.39 is 0 Å². The molecule has 3 heteroatoms. The van der Waals surface area contributed by atoms with Crippen LogP contribution in [0.5, 0.6) is 0 Å². The van der Waals surface area contributed by atoms with Crippen LogP contribution < -0.4 is 5.32 Å². The summed E-state index contributed by atoms with van der Waals surface area (Å²) in [5.74, 6) is 0.786. The summed E-state index contributed by atoms with van der Waals surface area (Å²) in [6.07, 6.45) is 4.13. The Bertz CT molecular complexity index is 457. The first-order chi connectivity index (χ1) is 7.42. The number of hydrogen-bond acceptors (Lipinski definition) is 3. The molecule has 0 spiro atoms. The third-order valence-corrected chi connectivity index (χ3v) is 3.11. The average molecular weight is 202 g/mol. The van der Waals surface area contributed by atoms with Gasteiger partial charge in [-0.2, -0.15) is 0 Å². The topological polar surface area (TPSA) is 38.1 Å². The molecular weight excluding hydrogens is 188 g/mol. The van der Waals surface area contributed by atoms with Crippen LogP contribution in [0, 0.1) is 5.92 Å². The number of nitrogens with one attached hydrogen (secondary N) is 1. The van der Waals surface area contributed by atoms with E-state index in [4.69, 9.17) is 4.52 Å². The van der Waals surface area contributed by atoms with Crippen LogP contribution in [0.1, 0.15) is 12.0 Å². The fourth-order valence-corrected chi connectivity index (χ4v) is 2.26. The molecule has 1 fully saturated rings. The van der Waals surface area contributed by atoms with Crippen LogP contribution in [-0.2, 0) is 6.42 Å². The van der Waals surface area contributed by atoms with Crippen LogP contribution in [-0.4, -0.2) is 18.2 Å². The molecule has 1 aliphatic rings. The molecule has 0 saturated carbocycles. The first-order valence-electron chi connectivity index (χ1n) is 5.45. The van der Waals surface area contributed by atoms with E-state index in [0.717, 1.165) is 36.3 Å². The molecule has 1 aromatic carbocycles. The van der Waals surface area contributed by atoms with E-state index in [1.165, 1.54) is 12.0 Å². The van der Waals surface area contributed by atoms with Gasteiger partial charge in [0.1, 0.15) is 11.8 Å². The van der Waals surface area contributed by atoms with Gasteiger partial charge in [0, 0.05) is 5.39 Å². The minimum atomic E-state index is 0.786. The summed E-state index contributed by atoms with van der Waals surface area (Å²) >= 11 is 0. The van der Waals surface area contributed by atoms with Crippen molar-refractivity contribution in [2.24, 2.45) is 5.92 Å². The standard InChI is InChI=1S/C12H14N2O/c1-2-11-8-15-14-12(11)6-9(1)5-10-3-4-13-7-10/h1-2,6,8,10,13H,3-5,7H2. The average Bonchev–Trinajstić information content (AvgIpc) is 2.87. The van der Waals surface area contributed by atoms with Gasteiger partial charge in [-0.1, -0.05) is 11.2 Å². The van der Waals surface area contributed by atoms with E-state index >= 15 is 0 Å². The molecule has 0 bridgehead atoms. The Kier molecular flexibility index (Phi) is 2.18. The van der Waals surface area contributed by atoms with Gasteiger partial charge in [0.2, 0.25) is 0 Å². The number of fused-ring (bicyclic) bond motifs is 1. The Labute approximate surface area is 88.4 Å². The fraction of sp³-hybridized carbons (Fsp3) is 0.417. The third kappa shape index (κ3) is 1.75. The predicted octanol–water partition coefficient (Wildman–Crippen LogP) is 1.98. The molecule has 2 heterocycles. The summed E-state index contributed by atoms with van der Waals surface area (Å²) < 4.78 is 4.93. The number of hydrogen-bond donors (Lipinski definition) is 1. The van der Waals surface area contributed by atoms with E-state index in [2.05, 4.69) is 28.7 Å². The van der Waals surface area contributed by atoms with Crippen molar-refractivity contribution in [1.82, 2.24) is 10.5 Å². The summed E-state index contributed by atoms with van der Waals surface area (Å²) in [5.41, 5.74) is 2.34. The highest BCUT2D eigenvalue weighted by atomic mass is 16.5. The molecule has 15 heavy (non-hydrogen) atoms. The third-order valence-electron chi connectivity index (χ3n) is 3.11. The van der Waals surface area contributed by atoms with Gasteiger partial charge in [0.05, 0.1) is 0 Å². The first kappa shape index (κ1) is 8.92. The quantitative estimate of drug-likeness (QED) is 0.809. The molecule has 78 valence electrons. The van der Waals surface area contributed by atoms with Gasteiger partial charge in [-0.3, -0.25) is 0 Å². The molecule has 1 aromatic heterocycles. The van der Waals surface area contributed by atoms with Crippen molar-refractivity contribution in [3.05, 3.63) is 30.0 Å². The monoisotopic (exact) mass is 202 g/mol.